The van der Waals surface area contributed by atoms with Gasteiger partial charge >= 0.3 is 0 Å². The molecule has 1 heterocycles. The average molecular weight is 353 g/mol. The first-order chi connectivity index (χ1) is 9.81. The molecule has 0 radical (unpaired) electrons. The van der Waals surface area contributed by atoms with Crippen LogP contribution in [0.3, 0.4) is 0 Å². The van der Waals surface area contributed by atoms with E-state index in [2.05, 4.69) is 15.0 Å². The SMILES string of the molecule is CCNC(=NCCNS(C)(=O)=O)N(C)Cc1ccc(Cl)s1. The van der Waals surface area contributed by atoms with E-state index in [4.69, 9.17) is 11.6 Å². The van der Waals surface area contributed by atoms with Gasteiger partial charge in [0.25, 0.3) is 0 Å². The van der Waals surface area contributed by atoms with Crippen molar-refractivity contribution in [2.45, 2.75) is 13.5 Å². The van der Waals surface area contributed by atoms with Gasteiger partial charge in [0.05, 0.1) is 23.7 Å². The Morgan fingerprint density at radius 2 is 2.19 bits per heavy atom. The van der Waals surface area contributed by atoms with Crippen molar-refractivity contribution in [3.05, 3.63) is 21.3 Å². The second-order valence-corrected chi connectivity index (χ2v) is 8.10. The molecule has 0 aromatic carbocycles. The summed E-state index contributed by atoms with van der Waals surface area (Å²) in [4.78, 5) is 7.51. The second-order valence-electron chi connectivity index (χ2n) is 4.46. The van der Waals surface area contributed by atoms with Crippen LogP contribution in [0.1, 0.15) is 11.8 Å². The molecule has 0 aliphatic heterocycles. The third-order valence-electron chi connectivity index (χ3n) is 2.46. The Morgan fingerprint density at radius 3 is 2.71 bits per heavy atom. The summed E-state index contributed by atoms with van der Waals surface area (Å²) >= 11 is 7.45. The standard InChI is InChI=1S/C12H21ClN4O2S2/c1-4-14-12(15-7-8-16-21(3,18)19)17(2)9-10-5-6-11(13)20-10/h5-6,16H,4,7-9H2,1-3H3,(H,14,15). The van der Waals surface area contributed by atoms with Crippen molar-refractivity contribution >= 4 is 38.9 Å². The third kappa shape index (κ3) is 7.66. The van der Waals surface area contributed by atoms with E-state index in [1.54, 1.807) is 0 Å². The van der Waals surface area contributed by atoms with Crippen LogP contribution >= 0.6 is 22.9 Å². The molecule has 1 aromatic rings. The first-order valence-corrected chi connectivity index (χ1v) is 9.58. The average Bonchev–Trinajstić information content (AvgIpc) is 2.77. The van der Waals surface area contributed by atoms with E-state index in [0.29, 0.717) is 13.1 Å². The number of nitrogens with zero attached hydrogens (tertiary/aromatic N) is 2. The Balaban J connectivity index is 2.57. The third-order valence-corrected chi connectivity index (χ3v) is 4.40. The number of hydrogen-bond acceptors (Lipinski definition) is 4. The van der Waals surface area contributed by atoms with Crippen molar-refractivity contribution in [1.82, 2.24) is 14.9 Å². The highest BCUT2D eigenvalue weighted by Crippen LogP contribution is 2.22. The summed E-state index contributed by atoms with van der Waals surface area (Å²) in [5.41, 5.74) is 0. The normalized spacial score (nSPS) is 12.5. The van der Waals surface area contributed by atoms with E-state index in [1.807, 2.05) is 31.0 Å². The maximum atomic E-state index is 11.0. The van der Waals surface area contributed by atoms with Crippen molar-refractivity contribution in [2.24, 2.45) is 4.99 Å². The molecule has 0 aliphatic rings. The van der Waals surface area contributed by atoms with Crippen LogP contribution in [0.25, 0.3) is 0 Å². The van der Waals surface area contributed by atoms with Gasteiger partial charge in [0.1, 0.15) is 0 Å². The molecule has 0 aliphatic carbocycles. The molecule has 0 saturated carbocycles. The topological polar surface area (TPSA) is 73.8 Å². The van der Waals surface area contributed by atoms with E-state index in [-0.39, 0.29) is 6.54 Å². The lowest BCUT2D eigenvalue weighted by Gasteiger charge is -2.21. The highest BCUT2D eigenvalue weighted by atomic mass is 35.5. The van der Waals surface area contributed by atoms with Gasteiger partial charge in [-0.2, -0.15) is 0 Å². The van der Waals surface area contributed by atoms with Gasteiger partial charge in [-0.05, 0) is 19.1 Å². The van der Waals surface area contributed by atoms with Crippen LogP contribution in [0.2, 0.25) is 4.34 Å². The highest BCUT2D eigenvalue weighted by molar-refractivity contribution is 7.88. The Labute approximate surface area is 135 Å². The summed E-state index contributed by atoms with van der Waals surface area (Å²) < 4.78 is 25.1. The summed E-state index contributed by atoms with van der Waals surface area (Å²) in [7, 11) is -1.24. The predicted octanol–water partition coefficient (Wildman–Crippen LogP) is 1.35. The molecule has 21 heavy (non-hydrogen) atoms. The summed E-state index contributed by atoms with van der Waals surface area (Å²) in [5.74, 6) is 0.734. The number of thiophene rings is 1. The Kier molecular flexibility index (Phi) is 7.44. The van der Waals surface area contributed by atoms with Crippen molar-refractivity contribution in [1.29, 1.82) is 0 Å². The smallest absolute Gasteiger partial charge is 0.208 e. The molecule has 1 aromatic heterocycles. The van der Waals surface area contributed by atoms with Crippen LogP contribution in [-0.4, -0.2) is 52.2 Å². The van der Waals surface area contributed by atoms with Crippen LogP contribution < -0.4 is 10.0 Å². The Hall–Kier alpha value is -0.830. The molecule has 0 saturated heterocycles. The number of hydrogen-bond donors (Lipinski definition) is 2. The fraction of sp³-hybridized carbons (Fsp3) is 0.583. The van der Waals surface area contributed by atoms with Crippen LogP contribution in [0, 0.1) is 0 Å². The quantitative estimate of drug-likeness (QED) is 0.441. The molecule has 0 bridgehead atoms. The van der Waals surface area contributed by atoms with Gasteiger partial charge < -0.3 is 10.2 Å². The minimum Gasteiger partial charge on any atom is -0.357 e. The van der Waals surface area contributed by atoms with Gasteiger partial charge in [0, 0.05) is 25.0 Å². The zero-order valence-electron chi connectivity index (χ0n) is 12.4. The fourth-order valence-corrected chi connectivity index (χ4v) is 3.21. The number of halogens is 1. The molecule has 0 amide bonds. The number of guanidine groups is 1. The van der Waals surface area contributed by atoms with Crippen LogP contribution in [0.5, 0.6) is 0 Å². The van der Waals surface area contributed by atoms with E-state index in [9.17, 15) is 8.42 Å². The number of rotatable bonds is 7. The van der Waals surface area contributed by atoms with Gasteiger partial charge in [-0.25, -0.2) is 13.1 Å². The van der Waals surface area contributed by atoms with Crippen LogP contribution in [0.15, 0.2) is 17.1 Å². The predicted molar refractivity (Wildman–Crippen MR) is 89.6 cm³/mol. The van der Waals surface area contributed by atoms with Crippen LogP contribution in [0.4, 0.5) is 0 Å². The summed E-state index contributed by atoms with van der Waals surface area (Å²) in [6.07, 6.45) is 1.13. The van der Waals surface area contributed by atoms with Crippen molar-refractivity contribution in [3.8, 4) is 0 Å². The molecule has 0 spiro atoms. The molecule has 120 valence electrons. The summed E-state index contributed by atoms with van der Waals surface area (Å²) in [6.45, 7) is 4.09. The Bertz CT molecular complexity index is 572. The fourth-order valence-electron chi connectivity index (χ4n) is 1.61. The molecule has 0 atom stereocenters. The number of aliphatic imine (C=N–C) groups is 1. The van der Waals surface area contributed by atoms with E-state index >= 15 is 0 Å². The molecule has 9 heteroatoms. The first-order valence-electron chi connectivity index (χ1n) is 6.50. The van der Waals surface area contributed by atoms with Gasteiger partial charge in [-0.15, -0.1) is 11.3 Å². The maximum absolute atomic E-state index is 11.0. The second kappa shape index (κ2) is 8.57. The van der Waals surface area contributed by atoms with Gasteiger partial charge in [-0.1, -0.05) is 11.6 Å². The molecule has 6 nitrogen and oxygen atoms in total. The van der Waals surface area contributed by atoms with E-state index < -0.39 is 10.0 Å². The zero-order valence-corrected chi connectivity index (χ0v) is 14.8. The molecule has 2 N–H and O–H groups in total. The monoisotopic (exact) mass is 352 g/mol. The van der Waals surface area contributed by atoms with Gasteiger partial charge in [0.15, 0.2) is 5.96 Å². The lowest BCUT2D eigenvalue weighted by molar-refractivity contribution is 0.481. The maximum Gasteiger partial charge on any atom is 0.208 e. The summed E-state index contributed by atoms with van der Waals surface area (Å²) in [5, 5.41) is 3.18. The molecular formula is C12H21ClN4O2S2. The van der Waals surface area contributed by atoms with Gasteiger partial charge in [-0.3, -0.25) is 4.99 Å². The number of sulfonamides is 1. The largest absolute Gasteiger partial charge is 0.357 e. The lowest BCUT2D eigenvalue weighted by Crippen LogP contribution is -2.39. The van der Waals surface area contributed by atoms with E-state index in [0.717, 1.165) is 28.0 Å². The van der Waals surface area contributed by atoms with E-state index in [1.165, 1.54) is 11.3 Å². The van der Waals surface area contributed by atoms with Crippen molar-refractivity contribution in [3.63, 3.8) is 0 Å². The minimum absolute atomic E-state index is 0.284. The summed E-state index contributed by atoms with van der Waals surface area (Å²) in [6, 6.07) is 3.85. The minimum atomic E-state index is -3.17. The van der Waals surface area contributed by atoms with Crippen molar-refractivity contribution in [2.75, 3.05) is 32.9 Å². The first kappa shape index (κ1) is 18.2. The highest BCUT2D eigenvalue weighted by Gasteiger charge is 2.08. The number of nitrogens with one attached hydrogen (secondary N) is 2. The molecule has 0 unspecified atom stereocenters. The van der Waals surface area contributed by atoms with Crippen molar-refractivity contribution < 1.29 is 8.42 Å². The molecule has 0 fully saturated rings. The Morgan fingerprint density at radius 1 is 1.48 bits per heavy atom. The van der Waals surface area contributed by atoms with Crippen LogP contribution in [-0.2, 0) is 16.6 Å². The molecular weight excluding hydrogens is 332 g/mol. The zero-order chi connectivity index (χ0) is 15.9. The van der Waals surface area contributed by atoms with Gasteiger partial charge in [0.2, 0.25) is 10.0 Å². The lowest BCUT2D eigenvalue weighted by atomic mass is 10.4. The molecule has 1 rings (SSSR count).